The first-order valence-electron chi connectivity index (χ1n) is 11.4. The number of furan rings is 1. The van der Waals surface area contributed by atoms with Gasteiger partial charge in [0.05, 0.1) is 12.0 Å². The van der Waals surface area contributed by atoms with Crippen LogP contribution in [-0.4, -0.2) is 76.8 Å². The van der Waals surface area contributed by atoms with E-state index in [-0.39, 0.29) is 5.75 Å². The van der Waals surface area contributed by atoms with Crippen molar-refractivity contribution in [2.24, 2.45) is 0 Å². The van der Waals surface area contributed by atoms with E-state index in [2.05, 4.69) is 20.3 Å². The highest BCUT2D eigenvalue weighted by Gasteiger charge is 2.30. The van der Waals surface area contributed by atoms with Gasteiger partial charge in [-0.25, -0.2) is 28.2 Å². The lowest BCUT2D eigenvalue weighted by Gasteiger charge is -2.35. The number of piperazine rings is 1. The van der Waals surface area contributed by atoms with Crippen molar-refractivity contribution in [3.05, 3.63) is 61.0 Å². The number of sulfonamides is 1. The summed E-state index contributed by atoms with van der Waals surface area (Å²) in [7, 11) is -3.65. The Labute approximate surface area is 203 Å². The van der Waals surface area contributed by atoms with Gasteiger partial charge in [-0.1, -0.05) is 0 Å². The number of rotatable bonds is 10. The highest BCUT2D eigenvalue weighted by atomic mass is 32.2. The standard InChI is InChI=1S/C23H28N6O5S/c30-23(31)27-19(4-1-6-21-24-9-3-10-25-21)17-35(32,33)29-13-11-28(12-14-29)22-8-7-18(16-26-22)20-5-2-15-34-20/h2-3,5,7-10,15-16,19,27H,1,4,6,11-14,17H2,(H,30,31). The lowest BCUT2D eigenvalue weighted by Crippen LogP contribution is -2.51. The fourth-order valence-corrected chi connectivity index (χ4v) is 5.74. The predicted octanol–water partition coefficient (Wildman–Crippen LogP) is 2.24. The van der Waals surface area contributed by atoms with Gasteiger partial charge >= 0.3 is 6.09 Å². The minimum atomic E-state index is -3.65. The molecule has 186 valence electrons. The molecular weight excluding hydrogens is 472 g/mol. The topological polar surface area (TPSA) is 142 Å². The molecule has 0 aromatic carbocycles. The zero-order chi connectivity index (χ0) is 24.7. The number of nitrogens with one attached hydrogen (secondary N) is 1. The summed E-state index contributed by atoms with van der Waals surface area (Å²) < 4.78 is 32.9. The van der Waals surface area contributed by atoms with Gasteiger partial charge < -0.3 is 19.7 Å². The molecule has 0 saturated carbocycles. The highest BCUT2D eigenvalue weighted by molar-refractivity contribution is 7.89. The van der Waals surface area contributed by atoms with E-state index >= 15 is 0 Å². The maximum atomic E-state index is 13.1. The Morgan fingerprint density at radius 2 is 1.86 bits per heavy atom. The first kappa shape index (κ1) is 24.6. The molecule has 3 aromatic heterocycles. The first-order chi connectivity index (χ1) is 16.9. The number of carboxylic acid groups (broad SMARTS) is 1. The Morgan fingerprint density at radius 3 is 2.49 bits per heavy atom. The second kappa shape index (κ2) is 11.3. The van der Waals surface area contributed by atoms with Crippen LogP contribution < -0.4 is 10.2 Å². The van der Waals surface area contributed by atoms with E-state index in [4.69, 9.17) is 4.42 Å². The molecule has 0 aliphatic carbocycles. The van der Waals surface area contributed by atoms with Crippen LogP contribution in [0.5, 0.6) is 0 Å². The molecule has 1 atom stereocenters. The Hall–Kier alpha value is -3.51. The second-order valence-corrected chi connectivity index (χ2v) is 10.3. The number of hydrogen-bond donors (Lipinski definition) is 2. The van der Waals surface area contributed by atoms with Crippen LogP contribution in [0.2, 0.25) is 0 Å². The number of anilines is 1. The molecule has 1 aliphatic rings. The third kappa shape index (κ3) is 6.76. The van der Waals surface area contributed by atoms with Crippen molar-refractivity contribution in [3.63, 3.8) is 0 Å². The lowest BCUT2D eigenvalue weighted by atomic mass is 10.1. The molecule has 1 unspecified atom stereocenters. The summed E-state index contributed by atoms with van der Waals surface area (Å²) in [5, 5.41) is 11.5. The number of aromatic nitrogens is 3. The van der Waals surface area contributed by atoms with Crippen molar-refractivity contribution >= 4 is 21.9 Å². The summed E-state index contributed by atoms with van der Waals surface area (Å²) in [6.07, 6.45) is 6.87. The van der Waals surface area contributed by atoms with Gasteiger partial charge in [-0.05, 0) is 43.2 Å². The maximum absolute atomic E-state index is 13.1. The summed E-state index contributed by atoms with van der Waals surface area (Å²) in [6, 6.07) is 8.50. The van der Waals surface area contributed by atoms with E-state index in [0.29, 0.717) is 51.3 Å². The average Bonchev–Trinajstić information content (AvgIpc) is 3.39. The van der Waals surface area contributed by atoms with Crippen LogP contribution >= 0.6 is 0 Å². The van der Waals surface area contributed by atoms with Gasteiger partial charge in [-0.3, -0.25) is 0 Å². The van der Waals surface area contributed by atoms with Gasteiger partial charge in [0.1, 0.15) is 17.4 Å². The molecule has 0 bridgehead atoms. The summed E-state index contributed by atoms with van der Waals surface area (Å²) in [4.78, 5) is 26.1. The molecule has 2 N–H and O–H groups in total. The molecule has 4 heterocycles. The molecule has 35 heavy (non-hydrogen) atoms. The Balaban J connectivity index is 1.30. The number of pyridine rings is 1. The normalized spacial score (nSPS) is 15.6. The first-order valence-corrected chi connectivity index (χ1v) is 13.0. The minimum Gasteiger partial charge on any atom is -0.465 e. The maximum Gasteiger partial charge on any atom is 0.404 e. The monoisotopic (exact) mass is 500 g/mol. The van der Waals surface area contributed by atoms with E-state index in [0.717, 1.165) is 17.1 Å². The highest BCUT2D eigenvalue weighted by Crippen LogP contribution is 2.22. The third-order valence-corrected chi connectivity index (χ3v) is 7.80. The molecule has 0 radical (unpaired) electrons. The number of nitrogens with zero attached hydrogens (tertiary/aromatic N) is 5. The van der Waals surface area contributed by atoms with Crippen LogP contribution in [0.25, 0.3) is 11.3 Å². The average molecular weight is 501 g/mol. The second-order valence-electron chi connectivity index (χ2n) is 8.25. The van der Waals surface area contributed by atoms with Crippen LogP contribution in [-0.2, 0) is 16.4 Å². The van der Waals surface area contributed by atoms with E-state index in [1.54, 1.807) is 30.9 Å². The van der Waals surface area contributed by atoms with E-state index < -0.39 is 22.2 Å². The molecule has 1 aliphatic heterocycles. The van der Waals surface area contributed by atoms with Gasteiger partial charge in [-0.2, -0.15) is 4.31 Å². The van der Waals surface area contributed by atoms with Crippen LogP contribution in [0, 0.1) is 0 Å². The zero-order valence-corrected chi connectivity index (χ0v) is 20.0. The molecular formula is C23H28N6O5S. The van der Waals surface area contributed by atoms with Gasteiger partial charge in [0.15, 0.2) is 0 Å². The number of amides is 1. The van der Waals surface area contributed by atoms with Crippen molar-refractivity contribution < 1.29 is 22.7 Å². The van der Waals surface area contributed by atoms with Crippen LogP contribution in [0.4, 0.5) is 10.6 Å². The quantitative estimate of drug-likeness (QED) is 0.428. The van der Waals surface area contributed by atoms with Gasteiger partial charge in [0, 0.05) is 62.8 Å². The van der Waals surface area contributed by atoms with Gasteiger partial charge in [0.25, 0.3) is 0 Å². The molecule has 3 aromatic rings. The van der Waals surface area contributed by atoms with Crippen molar-refractivity contribution in [2.75, 3.05) is 36.8 Å². The SMILES string of the molecule is O=C(O)NC(CCCc1ncccn1)CS(=O)(=O)N1CCN(c2ccc(-c3ccco3)cn2)CC1. The minimum absolute atomic E-state index is 0.287. The lowest BCUT2D eigenvalue weighted by molar-refractivity contribution is 0.190. The van der Waals surface area contributed by atoms with Crippen molar-refractivity contribution in [1.29, 1.82) is 0 Å². The van der Waals surface area contributed by atoms with Crippen LogP contribution in [0.3, 0.4) is 0 Å². The summed E-state index contributed by atoms with van der Waals surface area (Å²) in [5.41, 5.74) is 0.871. The summed E-state index contributed by atoms with van der Waals surface area (Å²) >= 11 is 0. The smallest absolute Gasteiger partial charge is 0.404 e. The van der Waals surface area contributed by atoms with E-state index in [1.165, 1.54) is 4.31 Å². The molecule has 1 fully saturated rings. The Kier molecular flexibility index (Phi) is 7.93. The van der Waals surface area contributed by atoms with Crippen molar-refractivity contribution in [2.45, 2.75) is 25.3 Å². The molecule has 11 nitrogen and oxygen atoms in total. The summed E-state index contributed by atoms with van der Waals surface area (Å²) in [6.45, 7) is 1.60. The molecule has 0 spiro atoms. The van der Waals surface area contributed by atoms with E-state index in [9.17, 15) is 18.3 Å². The Morgan fingerprint density at radius 1 is 1.09 bits per heavy atom. The number of aryl methyl sites for hydroxylation is 1. The van der Waals surface area contributed by atoms with Crippen molar-refractivity contribution in [3.8, 4) is 11.3 Å². The van der Waals surface area contributed by atoms with E-state index in [1.807, 2.05) is 29.2 Å². The fraction of sp³-hybridized carbons (Fsp3) is 0.391. The third-order valence-electron chi connectivity index (χ3n) is 5.82. The molecule has 12 heteroatoms. The predicted molar refractivity (Wildman–Crippen MR) is 129 cm³/mol. The van der Waals surface area contributed by atoms with Crippen LogP contribution in [0.15, 0.2) is 59.6 Å². The number of carbonyl (C=O) groups is 1. The number of hydrogen-bond acceptors (Lipinski definition) is 8. The molecule has 4 rings (SSSR count). The van der Waals surface area contributed by atoms with Gasteiger partial charge in [0.2, 0.25) is 10.0 Å². The zero-order valence-electron chi connectivity index (χ0n) is 19.2. The fourth-order valence-electron chi connectivity index (χ4n) is 4.05. The van der Waals surface area contributed by atoms with Crippen molar-refractivity contribution in [1.82, 2.24) is 24.6 Å². The molecule has 1 amide bonds. The van der Waals surface area contributed by atoms with Crippen LogP contribution in [0.1, 0.15) is 18.7 Å². The Bertz CT molecular complexity index is 1180. The molecule has 1 saturated heterocycles. The van der Waals surface area contributed by atoms with Gasteiger partial charge in [-0.15, -0.1) is 0 Å². The summed E-state index contributed by atoms with van der Waals surface area (Å²) in [5.74, 6) is 1.86. The largest absolute Gasteiger partial charge is 0.465 e.